The first kappa shape index (κ1) is 16.1. The third-order valence-corrected chi connectivity index (χ3v) is 2.96. The highest BCUT2D eigenvalue weighted by atomic mass is 32.2. The van der Waals surface area contributed by atoms with Gasteiger partial charge in [-0.05, 0) is 12.8 Å². The lowest BCUT2D eigenvalue weighted by atomic mass is 10.3. The molecule has 100 valence electrons. The number of hydrogen-bond acceptors (Lipinski definition) is 3. The van der Waals surface area contributed by atoms with E-state index in [-0.39, 0.29) is 5.75 Å². The van der Waals surface area contributed by atoms with Crippen LogP contribution in [0.5, 0.6) is 0 Å². The van der Waals surface area contributed by atoms with Crippen molar-refractivity contribution < 1.29 is 17.5 Å². The Morgan fingerprint density at radius 3 is 2.24 bits per heavy atom. The predicted molar refractivity (Wildman–Crippen MR) is 65.4 cm³/mol. The molecule has 0 atom stereocenters. The van der Waals surface area contributed by atoms with Gasteiger partial charge >= 0.3 is 0 Å². The number of aryl methyl sites for hydroxylation is 2. The summed E-state index contributed by atoms with van der Waals surface area (Å²) in [5.41, 5.74) is 0. The van der Waals surface area contributed by atoms with Crippen LogP contribution in [0.25, 0.3) is 0 Å². The van der Waals surface area contributed by atoms with Gasteiger partial charge < -0.3 is 4.55 Å². The molecule has 0 bridgehead atoms. The van der Waals surface area contributed by atoms with Gasteiger partial charge in [0, 0.05) is 5.75 Å². The monoisotopic (exact) mass is 262 g/mol. The minimum atomic E-state index is -3.92. The highest BCUT2D eigenvalue weighted by Crippen LogP contribution is 1.91. The SMILES string of the molecule is CCCCn1cc[n+](C)c1.CCCS(=O)(=O)[O-]. The van der Waals surface area contributed by atoms with Crippen LogP contribution < -0.4 is 4.57 Å². The fourth-order valence-electron chi connectivity index (χ4n) is 1.22. The zero-order valence-corrected chi connectivity index (χ0v) is 11.6. The van der Waals surface area contributed by atoms with Crippen LogP contribution in [0.1, 0.15) is 33.1 Å². The Morgan fingerprint density at radius 1 is 1.29 bits per heavy atom. The molecule has 0 saturated carbocycles. The molecule has 0 unspecified atom stereocenters. The number of imidazole rings is 1. The molecule has 0 aromatic carbocycles. The summed E-state index contributed by atoms with van der Waals surface area (Å²) in [6.07, 6.45) is 9.23. The van der Waals surface area contributed by atoms with E-state index in [1.54, 1.807) is 6.92 Å². The van der Waals surface area contributed by atoms with Crippen molar-refractivity contribution in [2.75, 3.05) is 5.75 Å². The number of unbranched alkanes of at least 4 members (excludes halogenated alkanes) is 1. The van der Waals surface area contributed by atoms with E-state index in [2.05, 4.69) is 34.8 Å². The summed E-state index contributed by atoms with van der Waals surface area (Å²) >= 11 is 0. The summed E-state index contributed by atoms with van der Waals surface area (Å²) in [4.78, 5) is 0. The Labute approximate surface area is 104 Å². The van der Waals surface area contributed by atoms with Gasteiger partial charge in [-0.3, -0.25) is 0 Å². The smallest absolute Gasteiger partial charge is 0.243 e. The zero-order chi connectivity index (χ0) is 13.3. The Hall–Kier alpha value is -0.880. The Bertz CT molecular complexity index is 399. The second kappa shape index (κ2) is 8.25. The molecule has 0 fully saturated rings. The highest BCUT2D eigenvalue weighted by molar-refractivity contribution is 7.85. The maximum atomic E-state index is 9.68. The maximum Gasteiger partial charge on any atom is 0.243 e. The van der Waals surface area contributed by atoms with Gasteiger partial charge in [0.05, 0.1) is 23.7 Å². The summed E-state index contributed by atoms with van der Waals surface area (Å²) in [5.74, 6) is -0.243. The second-order valence-corrected chi connectivity index (χ2v) is 5.46. The molecule has 0 aliphatic carbocycles. The van der Waals surface area contributed by atoms with Gasteiger partial charge in [0.25, 0.3) is 0 Å². The molecule has 0 amide bonds. The van der Waals surface area contributed by atoms with Gasteiger partial charge in [0.15, 0.2) is 0 Å². The highest BCUT2D eigenvalue weighted by Gasteiger charge is 1.96. The maximum absolute atomic E-state index is 9.68. The van der Waals surface area contributed by atoms with Gasteiger partial charge in [-0.15, -0.1) is 0 Å². The first-order chi connectivity index (χ1) is 7.89. The van der Waals surface area contributed by atoms with Crippen molar-refractivity contribution in [2.24, 2.45) is 7.05 Å². The molecule has 1 aromatic rings. The average molecular weight is 262 g/mol. The van der Waals surface area contributed by atoms with Crippen LogP contribution >= 0.6 is 0 Å². The van der Waals surface area contributed by atoms with Crippen molar-refractivity contribution in [3.05, 3.63) is 18.7 Å². The molecule has 1 rings (SSSR count). The summed E-state index contributed by atoms with van der Waals surface area (Å²) in [6.45, 7) is 5.01. The largest absolute Gasteiger partial charge is 0.748 e. The van der Waals surface area contributed by atoms with Crippen LogP contribution in [0.4, 0.5) is 0 Å². The van der Waals surface area contributed by atoms with E-state index in [1.165, 1.54) is 12.8 Å². The van der Waals surface area contributed by atoms with Crippen molar-refractivity contribution in [1.29, 1.82) is 0 Å². The predicted octanol–water partition coefficient (Wildman–Crippen LogP) is 1.05. The van der Waals surface area contributed by atoms with E-state index < -0.39 is 10.1 Å². The zero-order valence-electron chi connectivity index (χ0n) is 10.8. The minimum absolute atomic E-state index is 0.243. The second-order valence-electron chi connectivity index (χ2n) is 3.93. The van der Waals surface area contributed by atoms with Crippen LogP contribution in [0.2, 0.25) is 0 Å². The first-order valence-electron chi connectivity index (χ1n) is 5.83. The van der Waals surface area contributed by atoms with E-state index in [0.29, 0.717) is 6.42 Å². The van der Waals surface area contributed by atoms with E-state index in [1.807, 2.05) is 7.05 Å². The summed E-state index contributed by atoms with van der Waals surface area (Å²) in [5, 5.41) is 0. The van der Waals surface area contributed by atoms with Gasteiger partial charge in [-0.1, -0.05) is 20.3 Å². The van der Waals surface area contributed by atoms with Crippen molar-refractivity contribution >= 4 is 10.1 Å². The van der Waals surface area contributed by atoms with Crippen LogP contribution in [0.3, 0.4) is 0 Å². The third-order valence-electron chi connectivity index (χ3n) is 2.05. The summed E-state index contributed by atoms with van der Waals surface area (Å²) < 4.78 is 33.3. The van der Waals surface area contributed by atoms with Crippen LogP contribution in [-0.4, -0.2) is 23.3 Å². The Balaban J connectivity index is 0.000000325. The van der Waals surface area contributed by atoms with E-state index in [4.69, 9.17) is 0 Å². The first-order valence-corrected chi connectivity index (χ1v) is 7.41. The van der Waals surface area contributed by atoms with E-state index in [9.17, 15) is 13.0 Å². The molecular formula is C11H22N2O3S. The molecule has 0 radical (unpaired) electrons. The average Bonchev–Trinajstić information content (AvgIpc) is 2.60. The van der Waals surface area contributed by atoms with Gasteiger partial charge in [-0.25, -0.2) is 17.6 Å². The molecule has 0 spiro atoms. The molecule has 0 aliphatic heterocycles. The summed E-state index contributed by atoms with van der Waals surface area (Å²) in [7, 11) is -1.88. The van der Waals surface area contributed by atoms with Crippen LogP contribution in [0.15, 0.2) is 18.7 Å². The van der Waals surface area contributed by atoms with Gasteiger partial charge in [-0.2, -0.15) is 0 Å². The molecule has 1 aromatic heterocycles. The lowest BCUT2D eigenvalue weighted by Crippen LogP contribution is -2.23. The lowest BCUT2D eigenvalue weighted by molar-refractivity contribution is -0.671. The summed E-state index contributed by atoms with van der Waals surface area (Å²) in [6, 6.07) is 0. The quantitative estimate of drug-likeness (QED) is 0.588. The molecule has 1 heterocycles. The molecule has 0 saturated heterocycles. The van der Waals surface area contributed by atoms with Crippen molar-refractivity contribution in [1.82, 2.24) is 4.57 Å². The number of nitrogens with zero attached hydrogens (tertiary/aromatic N) is 2. The van der Waals surface area contributed by atoms with Crippen molar-refractivity contribution in [3.8, 4) is 0 Å². The fraction of sp³-hybridized carbons (Fsp3) is 0.727. The number of hydrogen-bond donors (Lipinski definition) is 0. The van der Waals surface area contributed by atoms with Crippen molar-refractivity contribution in [2.45, 2.75) is 39.7 Å². The normalized spacial score (nSPS) is 10.8. The number of aromatic nitrogens is 2. The van der Waals surface area contributed by atoms with E-state index >= 15 is 0 Å². The third kappa shape index (κ3) is 10.0. The molecule has 0 aliphatic rings. The van der Waals surface area contributed by atoms with Crippen LogP contribution in [-0.2, 0) is 23.7 Å². The van der Waals surface area contributed by atoms with Gasteiger partial charge in [0.2, 0.25) is 6.33 Å². The molecule has 6 heteroatoms. The standard InChI is InChI=1S/C8H15N2.C3H8O3S/c1-3-4-5-10-7-6-9(2)8-10;1-2-3-7(4,5)6/h6-8H,3-5H2,1-2H3;2-3H2,1H3,(H,4,5,6)/q+1;/p-1. The topological polar surface area (TPSA) is 66.0 Å². The molecular weight excluding hydrogens is 240 g/mol. The molecule has 5 nitrogen and oxygen atoms in total. The van der Waals surface area contributed by atoms with Crippen LogP contribution in [0, 0.1) is 0 Å². The molecule has 0 N–H and O–H groups in total. The number of rotatable bonds is 5. The fourth-order valence-corrected chi connectivity index (χ4v) is 1.72. The van der Waals surface area contributed by atoms with Gasteiger partial charge in [0.1, 0.15) is 12.4 Å². The minimum Gasteiger partial charge on any atom is -0.748 e. The molecule has 17 heavy (non-hydrogen) atoms. The van der Waals surface area contributed by atoms with E-state index in [0.717, 1.165) is 6.54 Å². The Morgan fingerprint density at radius 2 is 1.94 bits per heavy atom. The van der Waals surface area contributed by atoms with Crippen molar-refractivity contribution in [3.63, 3.8) is 0 Å². The Kier molecular flexibility index (Phi) is 7.82. The lowest BCUT2D eigenvalue weighted by Gasteiger charge is -2.00.